The summed E-state index contributed by atoms with van der Waals surface area (Å²) in [7, 11) is 0. The van der Waals surface area contributed by atoms with E-state index in [-0.39, 0.29) is 0 Å². The first-order valence-corrected chi connectivity index (χ1v) is 3.55. The number of para-hydroxylation sites is 1. The Hall–Kier alpha value is -0.630. The van der Waals surface area contributed by atoms with Gasteiger partial charge in [-0.15, -0.1) is 0 Å². The molecule has 9 heavy (non-hydrogen) atoms. The van der Waals surface area contributed by atoms with E-state index in [1.807, 2.05) is 18.2 Å². The summed E-state index contributed by atoms with van der Waals surface area (Å²) in [5, 5.41) is 3.01. The van der Waals surface area contributed by atoms with Crippen molar-refractivity contribution in [1.29, 1.82) is 0 Å². The second-order valence-corrected chi connectivity index (χ2v) is 2.67. The van der Waals surface area contributed by atoms with Gasteiger partial charge in [-0.05, 0) is 12.1 Å². The van der Waals surface area contributed by atoms with Crippen LogP contribution in [-0.4, -0.2) is 0 Å². The third-order valence-corrected chi connectivity index (χ3v) is 2.01. The summed E-state index contributed by atoms with van der Waals surface area (Å²) in [5.41, 5.74) is 1.17. The van der Waals surface area contributed by atoms with Crippen molar-refractivity contribution in [3.8, 4) is 0 Å². The molecule has 0 fully saturated rings. The van der Waals surface area contributed by atoms with E-state index in [1.165, 1.54) is 10.6 Å². The molecule has 0 aliphatic carbocycles. The molecule has 0 saturated heterocycles. The molecule has 0 amide bonds. The van der Waals surface area contributed by atoms with Crippen LogP contribution in [0, 0.1) is 5.88 Å². The molecule has 1 N–H and O–H groups in total. The number of thioether (sulfide) groups is 1. The van der Waals surface area contributed by atoms with Gasteiger partial charge in [-0.1, -0.05) is 23.9 Å². The molecule has 1 aliphatic heterocycles. The highest BCUT2D eigenvalue weighted by Crippen LogP contribution is 2.35. The number of nitrogens with one attached hydrogen (secondary N) is 1. The van der Waals surface area contributed by atoms with Gasteiger partial charge in [0.25, 0.3) is 0 Å². The van der Waals surface area contributed by atoms with Crippen molar-refractivity contribution in [2.75, 3.05) is 5.32 Å². The summed E-state index contributed by atoms with van der Waals surface area (Å²) < 4.78 is 0. The monoisotopic (exact) mass is 135 g/mol. The third kappa shape index (κ3) is 0.793. The fraction of sp³-hybridized carbons (Fsp3) is 0. The Labute approximate surface area is 58.5 Å². The molecular weight excluding hydrogens is 130 g/mol. The standard InChI is InChI=1S/C7H5NS/c1-2-4-7-6(3-1)8-5-9-7/h1-4,8H. The second kappa shape index (κ2) is 1.95. The average Bonchev–Trinajstić information content (AvgIpc) is 2.33. The number of benzene rings is 1. The van der Waals surface area contributed by atoms with Gasteiger partial charge in [0.15, 0.2) is 5.88 Å². The molecule has 0 bridgehead atoms. The number of hydrogen-bond acceptors (Lipinski definition) is 2. The van der Waals surface area contributed by atoms with Crippen molar-refractivity contribution < 1.29 is 0 Å². The van der Waals surface area contributed by atoms with Crippen LogP contribution in [0.3, 0.4) is 0 Å². The highest BCUT2D eigenvalue weighted by atomic mass is 32.2. The summed E-state index contributed by atoms with van der Waals surface area (Å²) in [4.78, 5) is 1.26. The van der Waals surface area contributed by atoms with Crippen LogP contribution in [0.2, 0.25) is 0 Å². The number of anilines is 1. The quantitative estimate of drug-likeness (QED) is 0.585. The van der Waals surface area contributed by atoms with Crippen molar-refractivity contribution >= 4 is 17.4 Å². The zero-order chi connectivity index (χ0) is 6.10. The molecule has 0 saturated carbocycles. The van der Waals surface area contributed by atoms with Crippen LogP contribution in [-0.2, 0) is 0 Å². The third-order valence-electron chi connectivity index (χ3n) is 1.23. The topological polar surface area (TPSA) is 12.0 Å². The Balaban J connectivity index is 2.54. The van der Waals surface area contributed by atoms with Crippen LogP contribution in [0.5, 0.6) is 0 Å². The fourth-order valence-corrected chi connectivity index (χ4v) is 1.44. The molecule has 2 rings (SSSR count). The zero-order valence-corrected chi connectivity index (χ0v) is 5.53. The lowest BCUT2D eigenvalue weighted by atomic mass is 10.3. The number of fused-ring (bicyclic) bond motifs is 1. The van der Waals surface area contributed by atoms with Crippen molar-refractivity contribution in [1.82, 2.24) is 0 Å². The predicted molar refractivity (Wildman–Crippen MR) is 39.2 cm³/mol. The van der Waals surface area contributed by atoms with E-state index < -0.39 is 0 Å². The minimum absolute atomic E-state index is 1.17. The van der Waals surface area contributed by atoms with Gasteiger partial charge in [0.05, 0.1) is 0 Å². The molecular formula is C7H5NS. The normalized spacial score (nSPS) is 14.7. The van der Waals surface area contributed by atoms with E-state index >= 15 is 0 Å². The summed E-state index contributed by atoms with van der Waals surface area (Å²) in [6.45, 7) is 0. The van der Waals surface area contributed by atoms with Crippen LogP contribution in [0.4, 0.5) is 5.69 Å². The summed E-state index contributed by atoms with van der Waals surface area (Å²) >= 11 is 1.61. The first-order chi connectivity index (χ1) is 4.47. The lowest BCUT2D eigenvalue weighted by Gasteiger charge is -1.92. The van der Waals surface area contributed by atoms with Crippen molar-refractivity contribution in [2.24, 2.45) is 0 Å². The molecule has 1 aromatic carbocycles. The van der Waals surface area contributed by atoms with Crippen LogP contribution < -0.4 is 5.32 Å². The first-order valence-electron chi connectivity index (χ1n) is 2.74. The van der Waals surface area contributed by atoms with Crippen LogP contribution in [0.1, 0.15) is 0 Å². The summed E-state index contributed by atoms with van der Waals surface area (Å²) in [6.07, 6.45) is 0. The Bertz CT molecular complexity index is 199. The maximum absolute atomic E-state index is 3.01. The minimum atomic E-state index is 1.17. The molecule has 2 heteroatoms. The largest absolute Gasteiger partial charge is 0.364 e. The van der Waals surface area contributed by atoms with Crippen LogP contribution in [0.25, 0.3) is 0 Å². The van der Waals surface area contributed by atoms with Gasteiger partial charge in [-0.3, -0.25) is 0 Å². The lowest BCUT2D eigenvalue weighted by molar-refractivity contribution is 1.46. The second-order valence-electron chi connectivity index (χ2n) is 1.83. The predicted octanol–water partition coefficient (Wildman–Crippen LogP) is 2.20. The molecule has 44 valence electrons. The fourth-order valence-electron chi connectivity index (χ4n) is 0.794. The van der Waals surface area contributed by atoms with E-state index in [1.54, 1.807) is 11.8 Å². The molecule has 0 spiro atoms. The van der Waals surface area contributed by atoms with Gasteiger partial charge in [0.2, 0.25) is 0 Å². The van der Waals surface area contributed by atoms with E-state index in [9.17, 15) is 0 Å². The highest BCUT2D eigenvalue weighted by molar-refractivity contribution is 8.01. The van der Waals surface area contributed by atoms with Crippen LogP contribution in [0.15, 0.2) is 29.2 Å². The molecule has 2 radical (unpaired) electrons. The molecule has 1 aromatic rings. The van der Waals surface area contributed by atoms with Gasteiger partial charge in [-0.25, -0.2) is 0 Å². The van der Waals surface area contributed by atoms with Gasteiger partial charge < -0.3 is 5.32 Å². The van der Waals surface area contributed by atoms with Crippen molar-refractivity contribution in [2.45, 2.75) is 4.90 Å². The van der Waals surface area contributed by atoms with Crippen molar-refractivity contribution in [3.63, 3.8) is 0 Å². The molecule has 1 heterocycles. The molecule has 1 nitrogen and oxygen atoms in total. The highest BCUT2D eigenvalue weighted by Gasteiger charge is 2.08. The van der Waals surface area contributed by atoms with Gasteiger partial charge >= 0.3 is 0 Å². The summed E-state index contributed by atoms with van der Waals surface area (Å²) in [6, 6.07) is 8.16. The van der Waals surface area contributed by atoms with Gasteiger partial charge in [0, 0.05) is 10.6 Å². The average molecular weight is 135 g/mol. The molecule has 0 unspecified atom stereocenters. The zero-order valence-electron chi connectivity index (χ0n) is 4.72. The van der Waals surface area contributed by atoms with E-state index in [0.29, 0.717) is 0 Å². The van der Waals surface area contributed by atoms with Crippen LogP contribution >= 0.6 is 11.8 Å². The minimum Gasteiger partial charge on any atom is -0.364 e. The van der Waals surface area contributed by atoms with Gasteiger partial charge in [0.1, 0.15) is 0 Å². The SMILES string of the molecule is [C]1Nc2ccccc2S1. The van der Waals surface area contributed by atoms with E-state index in [0.717, 1.165) is 0 Å². The maximum atomic E-state index is 3.01. The molecule has 1 aliphatic rings. The Morgan fingerprint density at radius 1 is 1.33 bits per heavy atom. The summed E-state index contributed by atoms with van der Waals surface area (Å²) in [5.74, 6) is 2.95. The molecule has 0 aromatic heterocycles. The number of hydrogen-bond donors (Lipinski definition) is 1. The van der Waals surface area contributed by atoms with E-state index in [2.05, 4.69) is 17.3 Å². The van der Waals surface area contributed by atoms with Crippen molar-refractivity contribution in [3.05, 3.63) is 30.1 Å². The molecule has 0 atom stereocenters. The lowest BCUT2D eigenvalue weighted by Crippen LogP contribution is -1.80. The smallest absolute Gasteiger partial charge is 0.161 e. The Kier molecular flexibility index (Phi) is 1.12. The van der Waals surface area contributed by atoms with Gasteiger partial charge in [-0.2, -0.15) is 0 Å². The first kappa shape index (κ1) is 5.18. The maximum Gasteiger partial charge on any atom is 0.161 e. The Morgan fingerprint density at radius 3 is 3.11 bits per heavy atom. The number of rotatable bonds is 0. The van der Waals surface area contributed by atoms with E-state index in [4.69, 9.17) is 0 Å². The Morgan fingerprint density at radius 2 is 2.22 bits per heavy atom.